The number of nitrogens with zero attached hydrogens (tertiary/aromatic N) is 2. The van der Waals surface area contributed by atoms with Gasteiger partial charge in [-0.1, -0.05) is 13.8 Å². The number of hydrogen-bond donors (Lipinski definition) is 1. The van der Waals surface area contributed by atoms with Crippen LogP contribution in [0.1, 0.15) is 38.1 Å². The molecular weight excluding hydrogens is 174 g/mol. The summed E-state index contributed by atoms with van der Waals surface area (Å²) < 4.78 is 1.97. The molecule has 0 unspecified atom stereocenters. The van der Waals surface area contributed by atoms with E-state index in [-0.39, 0.29) is 5.54 Å². The van der Waals surface area contributed by atoms with Gasteiger partial charge in [-0.3, -0.25) is 4.68 Å². The van der Waals surface area contributed by atoms with Crippen LogP contribution in [0.5, 0.6) is 0 Å². The fourth-order valence-corrected chi connectivity index (χ4v) is 1.75. The number of aryl methyl sites for hydroxylation is 1. The summed E-state index contributed by atoms with van der Waals surface area (Å²) in [6.45, 7) is 4.45. The van der Waals surface area contributed by atoms with E-state index in [9.17, 15) is 0 Å². The molecule has 1 aliphatic rings. The number of hydrogen-bond acceptors (Lipinski definition) is 2. The van der Waals surface area contributed by atoms with E-state index in [0.29, 0.717) is 5.92 Å². The molecule has 0 bridgehead atoms. The lowest BCUT2D eigenvalue weighted by atomic mass is 10.1. The molecule has 0 saturated heterocycles. The minimum absolute atomic E-state index is 0.0903. The molecule has 1 saturated carbocycles. The zero-order chi connectivity index (χ0) is 10.3. The van der Waals surface area contributed by atoms with E-state index in [2.05, 4.69) is 25.0 Å². The van der Waals surface area contributed by atoms with Gasteiger partial charge in [0.15, 0.2) is 0 Å². The lowest BCUT2D eigenvalue weighted by Crippen LogP contribution is -2.19. The smallest absolute Gasteiger partial charge is 0.0825 e. The van der Waals surface area contributed by atoms with Crippen molar-refractivity contribution in [1.29, 1.82) is 0 Å². The van der Waals surface area contributed by atoms with Crippen LogP contribution in [0.2, 0.25) is 0 Å². The predicted molar refractivity (Wildman–Crippen MR) is 56.8 cm³/mol. The van der Waals surface area contributed by atoms with Gasteiger partial charge < -0.3 is 5.73 Å². The molecule has 0 radical (unpaired) electrons. The van der Waals surface area contributed by atoms with E-state index in [1.807, 2.05) is 11.7 Å². The van der Waals surface area contributed by atoms with E-state index in [1.165, 1.54) is 5.69 Å². The molecule has 78 valence electrons. The van der Waals surface area contributed by atoms with Gasteiger partial charge in [-0.25, -0.2) is 0 Å². The molecule has 0 atom stereocenters. The second-order valence-electron chi connectivity index (χ2n) is 4.90. The lowest BCUT2D eigenvalue weighted by Gasteiger charge is -2.03. The van der Waals surface area contributed by atoms with E-state index in [4.69, 9.17) is 5.73 Å². The zero-order valence-corrected chi connectivity index (χ0v) is 9.25. The van der Waals surface area contributed by atoms with Crippen LogP contribution in [0, 0.1) is 5.92 Å². The quantitative estimate of drug-likeness (QED) is 0.791. The molecule has 1 fully saturated rings. The van der Waals surface area contributed by atoms with Crippen LogP contribution in [0.25, 0.3) is 0 Å². The van der Waals surface area contributed by atoms with Crippen LogP contribution in [0.15, 0.2) is 6.07 Å². The molecular formula is C11H19N3. The highest BCUT2D eigenvalue weighted by Gasteiger charge is 2.42. The molecule has 1 aromatic rings. The fraction of sp³-hybridized carbons (Fsp3) is 0.727. The summed E-state index contributed by atoms with van der Waals surface area (Å²) in [5.74, 6) is 0.672. The number of rotatable bonds is 3. The molecule has 2 N–H and O–H groups in total. The van der Waals surface area contributed by atoms with Gasteiger partial charge >= 0.3 is 0 Å². The number of aromatic nitrogens is 2. The maximum atomic E-state index is 6.11. The Morgan fingerprint density at radius 1 is 1.57 bits per heavy atom. The third-order valence-electron chi connectivity index (χ3n) is 2.89. The van der Waals surface area contributed by atoms with Crippen molar-refractivity contribution in [2.24, 2.45) is 18.7 Å². The first kappa shape index (κ1) is 9.71. The Bertz CT molecular complexity index is 334. The molecule has 0 spiro atoms. The summed E-state index contributed by atoms with van der Waals surface area (Å²) in [7, 11) is 2.01. The topological polar surface area (TPSA) is 43.8 Å². The highest BCUT2D eigenvalue weighted by Crippen LogP contribution is 2.42. The van der Waals surface area contributed by atoms with Gasteiger partial charge in [0.05, 0.1) is 11.2 Å². The summed E-state index contributed by atoms with van der Waals surface area (Å²) in [5.41, 5.74) is 8.39. The molecule has 3 heteroatoms. The van der Waals surface area contributed by atoms with Crippen LogP contribution in [0.4, 0.5) is 0 Å². The van der Waals surface area contributed by atoms with Gasteiger partial charge in [0.2, 0.25) is 0 Å². The second kappa shape index (κ2) is 3.09. The third kappa shape index (κ3) is 1.69. The summed E-state index contributed by atoms with van der Waals surface area (Å²) in [6, 6.07) is 2.17. The Balaban J connectivity index is 2.21. The minimum Gasteiger partial charge on any atom is -0.320 e. The zero-order valence-electron chi connectivity index (χ0n) is 9.25. The summed E-state index contributed by atoms with van der Waals surface area (Å²) in [5, 5.41) is 4.49. The standard InChI is InChI=1S/C11H19N3/c1-8(2)6-9-7-10(13-14(9)3)11(12)4-5-11/h7-8H,4-6,12H2,1-3H3. The van der Waals surface area contributed by atoms with Gasteiger partial charge in [0, 0.05) is 12.7 Å². The van der Waals surface area contributed by atoms with Crippen molar-refractivity contribution in [3.05, 3.63) is 17.5 Å². The van der Waals surface area contributed by atoms with Gasteiger partial charge in [-0.2, -0.15) is 5.10 Å². The molecule has 1 heterocycles. The van der Waals surface area contributed by atoms with Crippen LogP contribution in [-0.4, -0.2) is 9.78 Å². The van der Waals surface area contributed by atoms with Gasteiger partial charge in [-0.05, 0) is 31.2 Å². The first-order valence-corrected chi connectivity index (χ1v) is 5.33. The average molecular weight is 193 g/mol. The largest absolute Gasteiger partial charge is 0.320 e. The van der Waals surface area contributed by atoms with E-state index < -0.39 is 0 Å². The Hall–Kier alpha value is -0.830. The first-order chi connectivity index (χ1) is 6.51. The molecule has 0 aromatic carbocycles. The Morgan fingerprint density at radius 2 is 2.21 bits per heavy atom. The number of nitrogens with two attached hydrogens (primary N) is 1. The van der Waals surface area contributed by atoms with Crippen molar-refractivity contribution in [1.82, 2.24) is 9.78 Å². The van der Waals surface area contributed by atoms with Crippen molar-refractivity contribution in [2.45, 2.75) is 38.6 Å². The summed E-state index contributed by atoms with van der Waals surface area (Å²) in [6.07, 6.45) is 3.26. The van der Waals surface area contributed by atoms with Crippen LogP contribution in [-0.2, 0) is 19.0 Å². The van der Waals surface area contributed by atoms with Crippen LogP contribution in [0.3, 0.4) is 0 Å². The molecule has 0 amide bonds. The highest BCUT2D eigenvalue weighted by atomic mass is 15.3. The maximum absolute atomic E-state index is 6.11. The molecule has 14 heavy (non-hydrogen) atoms. The summed E-state index contributed by atoms with van der Waals surface area (Å²) >= 11 is 0. The maximum Gasteiger partial charge on any atom is 0.0825 e. The Morgan fingerprint density at radius 3 is 2.71 bits per heavy atom. The normalized spacial score (nSPS) is 18.9. The Kier molecular flexibility index (Phi) is 2.14. The molecule has 0 aliphatic heterocycles. The molecule has 2 rings (SSSR count). The highest BCUT2D eigenvalue weighted by molar-refractivity contribution is 5.24. The van der Waals surface area contributed by atoms with Gasteiger partial charge in [-0.15, -0.1) is 0 Å². The molecule has 1 aliphatic carbocycles. The van der Waals surface area contributed by atoms with Crippen LogP contribution >= 0.6 is 0 Å². The van der Waals surface area contributed by atoms with Crippen molar-refractivity contribution < 1.29 is 0 Å². The van der Waals surface area contributed by atoms with Gasteiger partial charge in [0.1, 0.15) is 0 Å². The Labute approximate surface area is 85.3 Å². The van der Waals surface area contributed by atoms with E-state index in [1.54, 1.807) is 0 Å². The van der Waals surface area contributed by atoms with Crippen molar-refractivity contribution in [2.75, 3.05) is 0 Å². The van der Waals surface area contributed by atoms with Crippen molar-refractivity contribution in [3.63, 3.8) is 0 Å². The van der Waals surface area contributed by atoms with E-state index >= 15 is 0 Å². The second-order valence-corrected chi connectivity index (χ2v) is 4.90. The fourth-order valence-electron chi connectivity index (χ4n) is 1.75. The van der Waals surface area contributed by atoms with Crippen molar-refractivity contribution >= 4 is 0 Å². The third-order valence-corrected chi connectivity index (χ3v) is 2.89. The molecule has 3 nitrogen and oxygen atoms in total. The SMILES string of the molecule is CC(C)Cc1cc(C2(N)CC2)nn1C. The van der Waals surface area contributed by atoms with Crippen LogP contribution < -0.4 is 5.73 Å². The minimum atomic E-state index is -0.0903. The van der Waals surface area contributed by atoms with Crippen molar-refractivity contribution in [3.8, 4) is 0 Å². The molecule has 1 aromatic heterocycles. The monoisotopic (exact) mass is 193 g/mol. The van der Waals surface area contributed by atoms with Gasteiger partial charge in [0.25, 0.3) is 0 Å². The average Bonchev–Trinajstić information content (AvgIpc) is 2.71. The van der Waals surface area contributed by atoms with E-state index in [0.717, 1.165) is 25.0 Å². The summed E-state index contributed by atoms with van der Waals surface area (Å²) in [4.78, 5) is 0. The lowest BCUT2D eigenvalue weighted by molar-refractivity contribution is 0.589. The predicted octanol–water partition coefficient (Wildman–Crippen LogP) is 1.57. The first-order valence-electron chi connectivity index (χ1n) is 5.33.